The Hall–Kier alpha value is -2.95. The number of nitrogens with zero attached hydrogens (tertiary/aromatic N) is 2. The van der Waals surface area contributed by atoms with Crippen molar-refractivity contribution in [1.29, 1.82) is 0 Å². The van der Waals surface area contributed by atoms with Gasteiger partial charge in [0.25, 0.3) is 5.89 Å². The number of benzene rings is 2. The van der Waals surface area contributed by atoms with Gasteiger partial charge in [0, 0.05) is 11.1 Å². The summed E-state index contributed by atoms with van der Waals surface area (Å²) in [6.45, 7) is 1.67. The highest BCUT2D eigenvalue weighted by Gasteiger charge is 2.09. The maximum absolute atomic E-state index is 11.3. The normalized spacial score (nSPS) is 10.4. The monoisotopic (exact) mass is 294 g/mol. The van der Waals surface area contributed by atoms with E-state index in [9.17, 15) is 4.79 Å². The second-order valence-electron chi connectivity index (χ2n) is 4.74. The van der Waals surface area contributed by atoms with Gasteiger partial charge >= 0.3 is 0 Å². The lowest BCUT2D eigenvalue weighted by Gasteiger charge is -2.04. The number of carbonyl (C=O) groups is 1. The number of Topliss-reactive ketones (excluding diaryl/α,β-unsaturated/α-hetero) is 1. The van der Waals surface area contributed by atoms with Crippen LogP contribution in [0.1, 0.15) is 23.2 Å². The first-order valence-corrected chi connectivity index (χ1v) is 6.84. The second kappa shape index (κ2) is 6.22. The fourth-order valence-corrected chi connectivity index (χ4v) is 1.96. The van der Waals surface area contributed by atoms with E-state index in [0.717, 1.165) is 5.56 Å². The SMILES string of the molecule is CC(=O)c1cccc(OCc2nnc(-c3ccccc3)o2)c1. The summed E-state index contributed by atoms with van der Waals surface area (Å²) in [5.74, 6) is 1.42. The molecule has 1 aromatic heterocycles. The minimum absolute atomic E-state index is 0.00500. The largest absolute Gasteiger partial charge is 0.484 e. The van der Waals surface area contributed by atoms with Crippen molar-refractivity contribution in [2.24, 2.45) is 0 Å². The number of ether oxygens (including phenoxy) is 1. The predicted molar refractivity (Wildman–Crippen MR) is 80.5 cm³/mol. The molecule has 3 rings (SSSR count). The van der Waals surface area contributed by atoms with Crippen LogP contribution in [0.5, 0.6) is 5.75 Å². The van der Waals surface area contributed by atoms with Crippen molar-refractivity contribution in [2.45, 2.75) is 13.5 Å². The second-order valence-corrected chi connectivity index (χ2v) is 4.74. The maximum atomic E-state index is 11.3. The third kappa shape index (κ3) is 3.20. The van der Waals surface area contributed by atoms with E-state index in [2.05, 4.69) is 10.2 Å². The first kappa shape index (κ1) is 14.0. The highest BCUT2D eigenvalue weighted by molar-refractivity contribution is 5.94. The fraction of sp³-hybridized carbons (Fsp3) is 0.118. The molecule has 0 aliphatic rings. The summed E-state index contributed by atoms with van der Waals surface area (Å²) in [7, 11) is 0. The minimum Gasteiger partial charge on any atom is -0.484 e. The smallest absolute Gasteiger partial charge is 0.254 e. The Morgan fingerprint density at radius 3 is 2.68 bits per heavy atom. The van der Waals surface area contributed by atoms with E-state index in [1.807, 2.05) is 30.3 Å². The number of hydrogen-bond donors (Lipinski definition) is 0. The maximum Gasteiger partial charge on any atom is 0.254 e. The molecule has 0 aliphatic heterocycles. The molecule has 0 bridgehead atoms. The zero-order valence-electron chi connectivity index (χ0n) is 12.0. The molecule has 0 saturated heterocycles. The molecule has 0 unspecified atom stereocenters. The highest BCUT2D eigenvalue weighted by Crippen LogP contribution is 2.19. The molecule has 1 heterocycles. The molecule has 0 N–H and O–H groups in total. The molecule has 3 aromatic rings. The summed E-state index contributed by atoms with van der Waals surface area (Å²) < 4.78 is 11.1. The van der Waals surface area contributed by atoms with Crippen LogP contribution in [0.25, 0.3) is 11.5 Å². The molecule has 0 saturated carbocycles. The van der Waals surface area contributed by atoms with Gasteiger partial charge in [0.1, 0.15) is 5.75 Å². The van der Waals surface area contributed by atoms with Crippen LogP contribution >= 0.6 is 0 Å². The topological polar surface area (TPSA) is 65.2 Å². The molecule has 0 aliphatic carbocycles. The van der Waals surface area contributed by atoms with Crippen molar-refractivity contribution in [3.63, 3.8) is 0 Å². The average molecular weight is 294 g/mol. The van der Waals surface area contributed by atoms with Crippen LogP contribution in [-0.4, -0.2) is 16.0 Å². The number of rotatable bonds is 5. The molecule has 22 heavy (non-hydrogen) atoms. The van der Waals surface area contributed by atoms with Crippen molar-refractivity contribution in [3.05, 3.63) is 66.1 Å². The molecule has 0 amide bonds. The van der Waals surface area contributed by atoms with Crippen LogP contribution in [-0.2, 0) is 6.61 Å². The number of ketones is 1. The first-order chi connectivity index (χ1) is 10.7. The molecule has 0 radical (unpaired) electrons. The van der Waals surface area contributed by atoms with Gasteiger partial charge in [-0.1, -0.05) is 30.3 Å². The number of aromatic nitrogens is 2. The number of carbonyl (C=O) groups excluding carboxylic acids is 1. The molecule has 5 nitrogen and oxygen atoms in total. The molecule has 0 atom stereocenters. The summed E-state index contributed by atoms with van der Waals surface area (Å²) in [4.78, 5) is 11.3. The van der Waals surface area contributed by atoms with Crippen molar-refractivity contribution in [1.82, 2.24) is 10.2 Å². The van der Waals surface area contributed by atoms with Crippen molar-refractivity contribution in [3.8, 4) is 17.2 Å². The molecule has 110 valence electrons. The summed E-state index contributed by atoms with van der Waals surface area (Å²) in [5, 5.41) is 7.95. The van der Waals surface area contributed by atoms with E-state index in [1.54, 1.807) is 24.3 Å². The van der Waals surface area contributed by atoms with Gasteiger partial charge < -0.3 is 9.15 Å². The number of hydrogen-bond acceptors (Lipinski definition) is 5. The van der Waals surface area contributed by atoms with Crippen molar-refractivity contribution >= 4 is 5.78 Å². The highest BCUT2D eigenvalue weighted by atomic mass is 16.5. The standard InChI is InChI=1S/C17H14N2O3/c1-12(20)14-8-5-9-15(10-14)21-11-16-18-19-17(22-16)13-6-3-2-4-7-13/h2-10H,11H2,1H3. The summed E-state index contributed by atoms with van der Waals surface area (Å²) in [6.07, 6.45) is 0. The molecular weight excluding hydrogens is 280 g/mol. The first-order valence-electron chi connectivity index (χ1n) is 6.84. The third-order valence-corrected chi connectivity index (χ3v) is 3.09. The van der Waals surface area contributed by atoms with Gasteiger partial charge in [0.15, 0.2) is 12.4 Å². The zero-order valence-corrected chi connectivity index (χ0v) is 12.0. The van der Waals surface area contributed by atoms with Crippen LogP contribution in [0.2, 0.25) is 0 Å². The van der Waals surface area contributed by atoms with Gasteiger partial charge in [-0.15, -0.1) is 10.2 Å². The van der Waals surface area contributed by atoms with Gasteiger partial charge in [0.05, 0.1) is 0 Å². The van der Waals surface area contributed by atoms with Gasteiger partial charge in [-0.05, 0) is 31.2 Å². The van der Waals surface area contributed by atoms with Crippen molar-refractivity contribution in [2.75, 3.05) is 0 Å². The predicted octanol–water partition coefficient (Wildman–Crippen LogP) is 3.52. The van der Waals surface area contributed by atoms with Crippen LogP contribution in [0.15, 0.2) is 59.0 Å². The lowest BCUT2D eigenvalue weighted by Crippen LogP contribution is -1.98. The molecule has 2 aromatic carbocycles. The van der Waals surface area contributed by atoms with Crippen molar-refractivity contribution < 1.29 is 13.9 Å². The summed E-state index contributed by atoms with van der Waals surface area (Å²) in [6, 6.07) is 16.5. The molecule has 0 spiro atoms. The fourth-order valence-electron chi connectivity index (χ4n) is 1.96. The average Bonchev–Trinajstić information content (AvgIpc) is 3.03. The Balaban J connectivity index is 1.69. The van der Waals surface area contributed by atoms with E-state index in [0.29, 0.717) is 23.1 Å². The van der Waals surface area contributed by atoms with Gasteiger partial charge in [-0.25, -0.2) is 0 Å². The van der Waals surface area contributed by atoms with Crippen LogP contribution < -0.4 is 4.74 Å². The Morgan fingerprint density at radius 1 is 1.09 bits per heavy atom. The van der Waals surface area contributed by atoms with Gasteiger partial charge in [-0.2, -0.15) is 0 Å². The van der Waals surface area contributed by atoms with Crippen LogP contribution in [0, 0.1) is 0 Å². The Labute approximate surface area is 127 Å². The lowest BCUT2D eigenvalue weighted by atomic mass is 10.1. The Kier molecular flexibility index (Phi) is 3.96. The van der Waals surface area contributed by atoms with Gasteiger partial charge in [0.2, 0.25) is 5.89 Å². The van der Waals surface area contributed by atoms with E-state index in [4.69, 9.17) is 9.15 Å². The Bertz CT molecular complexity index is 781. The van der Waals surface area contributed by atoms with E-state index < -0.39 is 0 Å². The minimum atomic E-state index is -0.00500. The van der Waals surface area contributed by atoms with Crippen LogP contribution in [0.3, 0.4) is 0 Å². The van der Waals surface area contributed by atoms with Crippen LogP contribution in [0.4, 0.5) is 0 Å². The molecular formula is C17H14N2O3. The lowest BCUT2D eigenvalue weighted by molar-refractivity contribution is 0.101. The van der Waals surface area contributed by atoms with Gasteiger partial charge in [-0.3, -0.25) is 4.79 Å². The quantitative estimate of drug-likeness (QED) is 0.674. The summed E-state index contributed by atoms with van der Waals surface area (Å²) in [5.41, 5.74) is 1.47. The summed E-state index contributed by atoms with van der Waals surface area (Å²) >= 11 is 0. The van der Waals surface area contributed by atoms with E-state index in [-0.39, 0.29) is 12.4 Å². The molecule has 5 heteroatoms. The van der Waals surface area contributed by atoms with E-state index in [1.165, 1.54) is 6.92 Å². The zero-order chi connectivity index (χ0) is 15.4. The third-order valence-electron chi connectivity index (χ3n) is 3.09. The molecule has 0 fully saturated rings. The van der Waals surface area contributed by atoms with E-state index >= 15 is 0 Å². The Morgan fingerprint density at radius 2 is 1.91 bits per heavy atom.